The summed E-state index contributed by atoms with van der Waals surface area (Å²) in [5, 5.41) is 8.36. The highest BCUT2D eigenvalue weighted by atomic mass is 15.2. The van der Waals surface area contributed by atoms with Crippen molar-refractivity contribution in [2.75, 3.05) is 0 Å². The van der Waals surface area contributed by atoms with Crippen LogP contribution >= 0.6 is 0 Å². The van der Waals surface area contributed by atoms with Crippen LogP contribution in [0.4, 0.5) is 0 Å². The Morgan fingerprint density at radius 2 is 0.571 bits per heavy atom. The topological polar surface area (TPSA) is 103 Å². The van der Waals surface area contributed by atoms with E-state index in [1.165, 1.54) is 11.1 Å². The maximum absolute atomic E-state index is 4.52. The van der Waals surface area contributed by atoms with Crippen molar-refractivity contribution in [3.8, 4) is 0 Å². The lowest BCUT2D eigenvalue weighted by Gasteiger charge is -2.22. The second-order valence-corrected chi connectivity index (χ2v) is 23.2. The van der Waals surface area contributed by atoms with Crippen LogP contribution in [0.2, 0.25) is 0 Å². The largest absolute Gasteiger partial charge is 0.260 e. The maximum Gasteiger partial charge on any atom is 0.156 e. The molecular formula is C48H80N8. The Labute approximate surface area is 343 Å². The first-order chi connectivity index (χ1) is 24.8. The highest BCUT2D eigenvalue weighted by Crippen LogP contribution is 2.27. The molecule has 8 heteroatoms. The number of pyridine rings is 1. The van der Waals surface area contributed by atoms with Crippen molar-refractivity contribution in [2.45, 2.75) is 209 Å². The fourth-order valence-electron chi connectivity index (χ4n) is 4.45. The molecular weight excluding hydrogens is 689 g/mol. The van der Waals surface area contributed by atoms with Crippen LogP contribution in [0, 0.1) is 0 Å². The lowest BCUT2D eigenvalue weighted by molar-refractivity contribution is 0.504. The SMILES string of the molecule is CC(C)(C)c1ccc(C(C)(C)C)nc1.CC(C)(C)c1cnc(C(C)(C)C)cn1.CC(C)(C)c1cnc(C(C)(C)C)nc1.CC(C)(C)c1cnc(C(C)(C)C)nn1. The minimum atomic E-state index is -0.0244. The normalized spacial score (nSPS) is 13.0. The van der Waals surface area contributed by atoms with Crippen molar-refractivity contribution >= 4 is 0 Å². The number of rotatable bonds is 0. The van der Waals surface area contributed by atoms with E-state index in [4.69, 9.17) is 0 Å². The Morgan fingerprint density at radius 1 is 0.250 bits per heavy atom. The second kappa shape index (κ2) is 18.3. The molecule has 0 atom stereocenters. The summed E-state index contributed by atoms with van der Waals surface area (Å²) in [5.41, 5.74) is 7.36. The third-order valence-corrected chi connectivity index (χ3v) is 8.78. The van der Waals surface area contributed by atoms with Gasteiger partial charge >= 0.3 is 0 Å². The van der Waals surface area contributed by atoms with Gasteiger partial charge in [0.2, 0.25) is 0 Å². The fraction of sp³-hybridized carbons (Fsp3) is 0.667. The molecule has 0 saturated heterocycles. The summed E-state index contributed by atoms with van der Waals surface area (Å²) >= 11 is 0. The van der Waals surface area contributed by atoms with Crippen molar-refractivity contribution in [1.82, 2.24) is 40.1 Å². The van der Waals surface area contributed by atoms with E-state index in [1.807, 2.05) is 37.2 Å². The quantitative estimate of drug-likeness (QED) is 0.174. The molecule has 0 unspecified atom stereocenters. The Kier molecular flexibility index (Phi) is 16.4. The van der Waals surface area contributed by atoms with E-state index in [9.17, 15) is 0 Å². The third kappa shape index (κ3) is 17.2. The van der Waals surface area contributed by atoms with Gasteiger partial charge in [-0.2, -0.15) is 5.10 Å². The Hall–Kier alpha value is -3.68. The Bertz CT molecular complexity index is 1330. The van der Waals surface area contributed by atoms with E-state index in [0.29, 0.717) is 0 Å². The van der Waals surface area contributed by atoms with Gasteiger partial charge in [-0.15, -0.1) is 5.10 Å². The minimum Gasteiger partial charge on any atom is -0.260 e. The van der Waals surface area contributed by atoms with Crippen molar-refractivity contribution in [3.05, 3.63) is 94.9 Å². The first-order valence-corrected chi connectivity index (χ1v) is 20.2. The predicted octanol–water partition coefficient (Wildman–Crippen LogP) is 12.3. The molecule has 56 heavy (non-hydrogen) atoms. The van der Waals surface area contributed by atoms with Crippen LogP contribution in [0.1, 0.15) is 212 Å². The van der Waals surface area contributed by atoms with Gasteiger partial charge in [-0.05, 0) is 28.0 Å². The summed E-state index contributed by atoms with van der Waals surface area (Å²) in [5.74, 6) is 1.70. The molecule has 0 aliphatic rings. The lowest BCUT2D eigenvalue weighted by Crippen LogP contribution is -2.21. The van der Waals surface area contributed by atoms with Crippen LogP contribution in [0.3, 0.4) is 0 Å². The number of hydrogen-bond donors (Lipinski definition) is 0. The highest BCUT2D eigenvalue weighted by Gasteiger charge is 2.23. The van der Waals surface area contributed by atoms with E-state index in [0.717, 1.165) is 34.4 Å². The molecule has 0 amide bonds. The molecule has 0 radical (unpaired) electrons. The molecule has 0 N–H and O–H groups in total. The van der Waals surface area contributed by atoms with Crippen molar-refractivity contribution in [2.24, 2.45) is 0 Å². The summed E-state index contributed by atoms with van der Waals surface area (Å²) in [6, 6.07) is 4.33. The van der Waals surface area contributed by atoms with Crippen molar-refractivity contribution in [1.29, 1.82) is 0 Å². The third-order valence-electron chi connectivity index (χ3n) is 8.78. The zero-order chi connectivity index (χ0) is 43.9. The Balaban J connectivity index is 0.000000373. The summed E-state index contributed by atoms with van der Waals surface area (Å²) < 4.78 is 0. The molecule has 4 aromatic heterocycles. The van der Waals surface area contributed by atoms with E-state index in [2.05, 4.69) is 218 Å². The zero-order valence-electron chi connectivity index (χ0n) is 40.2. The zero-order valence-corrected chi connectivity index (χ0v) is 40.2. The molecule has 4 aromatic rings. The fourth-order valence-corrected chi connectivity index (χ4v) is 4.45. The predicted molar refractivity (Wildman–Crippen MR) is 238 cm³/mol. The van der Waals surface area contributed by atoms with Gasteiger partial charge in [0.05, 0.1) is 23.3 Å². The van der Waals surface area contributed by atoms with Crippen LogP contribution < -0.4 is 0 Å². The van der Waals surface area contributed by atoms with Gasteiger partial charge < -0.3 is 0 Å². The van der Waals surface area contributed by atoms with Crippen molar-refractivity contribution < 1.29 is 0 Å². The van der Waals surface area contributed by atoms with Gasteiger partial charge in [-0.25, -0.2) is 15.0 Å². The average Bonchev–Trinajstić information content (AvgIpc) is 3.03. The first kappa shape index (κ1) is 50.3. The smallest absolute Gasteiger partial charge is 0.156 e. The van der Waals surface area contributed by atoms with E-state index < -0.39 is 0 Å². The van der Waals surface area contributed by atoms with Crippen LogP contribution in [0.25, 0.3) is 0 Å². The molecule has 0 aliphatic heterocycles. The molecule has 0 aliphatic carbocycles. The van der Waals surface area contributed by atoms with Gasteiger partial charge in [0.25, 0.3) is 0 Å². The summed E-state index contributed by atoms with van der Waals surface area (Å²) in [4.78, 5) is 26.6. The van der Waals surface area contributed by atoms with Gasteiger partial charge in [0.1, 0.15) is 5.82 Å². The molecule has 0 bridgehead atoms. The summed E-state index contributed by atoms with van der Waals surface area (Å²) in [6.45, 7) is 51.5. The van der Waals surface area contributed by atoms with Gasteiger partial charge in [-0.1, -0.05) is 172 Å². The van der Waals surface area contributed by atoms with Gasteiger partial charge in [-0.3, -0.25) is 15.0 Å². The van der Waals surface area contributed by atoms with E-state index in [1.54, 1.807) is 0 Å². The summed E-state index contributed by atoms with van der Waals surface area (Å²) in [7, 11) is 0. The van der Waals surface area contributed by atoms with Gasteiger partial charge in [0.15, 0.2) is 5.82 Å². The summed E-state index contributed by atoms with van der Waals surface area (Å²) in [6.07, 6.45) is 11.5. The molecule has 8 nitrogen and oxygen atoms in total. The monoisotopic (exact) mass is 769 g/mol. The van der Waals surface area contributed by atoms with Crippen LogP contribution in [-0.2, 0) is 43.3 Å². The van der Waals surface area contributed by atoms with Gasteiger partial charge in [0, 0.05) is 69.2 Å². The second-order valence-electron chi connectivity index (χ2n) is 23.2. The molecule has 0 spiro atoms. The lowest BCUT2D eigenvalue weighted by atomic mass is 9.86. The minimum absolute atomic E-state index is 0.0242. The van der Waals surface area contributed by atoms with Crippen molar-refractivity contribution in [3.63, 3.8) is 0 Å². The van der Waals surface area contributed by atoms with E-state index in [-0.39, 0.29) is 43.3 Å². The first-order valence-electron chi connectivity index (χ1n) is 20.2. The molecule has 4 heterocycles. The number of aromatic nitrogens is 8. The standard InChI is InChI=1S/C13H21N.2C12H20N2.C11H19N3/c1-12(2,3)10-7-8-11(14-9-10)13(4,5)6;1-11(2,3)9-7-14-10(8-13-9)12(4,5)6;1-11(2,3)9-7-13-10(14-8-9)12(4,5)6;1-10(2,3)8-7-12-9(14-13-8)11(4,5)6/h7-9H,1-6H3;2*7-8H,1-6H3;7H,1-6H3. The molecule has 4 rings (SSSR count). The van der Waals surface area contributed by atoms with Crippen LogP contribution in [-0.4, -0.2) is 40.1 Å². The average molecular weight is 769 g/mol. The molecule has 0 aromatic carbocycles. The van der Waals surface area contributed by atoms with Crippen LogP contribution in [0.5, 0.6) is 0 Å². The number of nitrogens with zero attached hydrogens (tertiary/aromatic N) is 8. The molecule has 0 saturated carbocycles. The van der Waals surface area contributed by atoms with Crippen LogP contribution in [0.15, 0.2) is 49.3 Å². The number of hydrogen-bond acceptors (Lipinski definition) is 8. The molecule has 312 valence electrons. The Morgan fingerprint density at radius 3 is 0.821 bits per heavy atom. The highest BCUT2D eigenvalue weighted by molar-refractivity contribution is 5.24. The molecule has 0 fully saturated rings. The van der Waals surface area contributed by atoms with E-state index >= 15 is 0 Å². The maximum atomic E-state index is 4.52.